The summed E-state index contributed by atoms with van der Waals surface area (Å²) in [6.45, 7) is 3.74. The van der Waals surface area contributed by atoms with Gasteiger partial charge in [-0.2, -0.15) is 8.42 Å². The molecule has 0 unspecified atom stereocenters. The largest absolute Gasteiger partial charge is 0.494 e. The predicted molar refractivity (Wildman–Crippen MR) is 129 cm³/mol. The van der Waals surface area contributed by atoms with E-state index in [9.17, 15) is 8.42 Å². The molecule has 4 N–H and O–H groups in total. The Bertz CT molecular complexity index is 1150. The Balaban J connectivity index is 1.44. The van der Waals surface area contributed by atoms with Gasteiger partial charge < -0.3 is 20.1 Å². The van der Waals surface area contributed by atoms with E-state index < -0.39 is 10.2 Å². The van der Waals surface area contributed by atoms with Crippen molar-refractivity contribution in [2.45, 2.75) is 38.6 Å². The number of benzene rings is 2. The second kappa shape index (κ2) is 9.70. The van der Waals surface area contributed by atoms with Crippen molar-refractivity contribution in [2.24, 2.45) is 10.1 Å². The number of nitrogens with zero attached hydrogens (tertiary/aromatic N) is 2. The summed E-state index contributed by atoms with van der Waals surface area (Å²) in [5.41, 5.74) is 7.77. The number of piperidine rings is 1. The molecule has 0 spiro atoms. The summed E-state index contributed by atoms with van der Waals surface area (Å²) in [5.74, 6) is 1.76. The van der Waals surface area contributed by atoms with Crippen molar-refractivity contribution in [1.82, 2.24) is 4.90 Å². The van der Waals surface area contributed by atoms with Gasteiger partial charge in [-0.05, 0) is 56.0 Å². The molecule has 2 heterocycles. The van der Waals surface area contributed by atoms with Crippen molar-refractivity contribution in [3.63, 3.8) is 0 Å². The fourth-order valence-electron chi connectivity index (χ4n) is 4.22. The minimum atomic E-state index is -3.84. The highest BCUT2D eigenvalue weighted by atomic mass is 32.2. The second-order valence-electron chi connectivity index (χ2n) is 8.09. The molecule has 1 fully saturated rings. The number of ether oxygens (including phenoxy) is 2. The molecule has 10 heteroatoms. The summed E-state index contributed by atoms with van der Waals surface area (Å²) in [4.78, 5) is 2.11. The van der Waals surface area contributed by atoms with Gasteiger partial charge >= 0.3 is 10.2 Å². The SMILES string of the molecule is CCOc1ccc(CC(=N)N2CCCC[C@@H]2COc2cccc3c2C(N)=NS(=O)(=O)N3)cc1. The lowest BCUT2D eigenvalue weighted by molar-refractivity contribution is 0.158. The average Bonchev–Trinajstić information content (AvgIpc) is 2.78. The van der Waals surface area contributed by atoms with E-state index in [1.807, 2.05) is 31.2 Å². The molecule has 33 heavy (non-hydrogen) atoms. The number of nitrogens with two attached hydrogens (primary N) is 1. The molecule has 2 aliphatic heterocycles. The zero-order chi connectivity index (χ0) is 23.4. The number of nitrogens with one attached hydrogen (secondary N) is 2. The first-order chi connectivity index (χ1) is 15.9. The second-order valence-corrected chi connectivity index (χ2v) is 9.42. The number of amidine groups is 2. The van der Waals surface area contributed by atoms with Crippen LogP contribution in [0, 0.1) is 5.41 Å². The van der Waals surface area contributed by atoms with Crippen LogP contribution in [0.25, 0.3) is 0 Å². The van der Waals surface area contributed by atoms with E-state index >= 15 is 0 Å². The van der Waals surface area contributed by atoms with Crippen LogP contribution in [0.2, 0.25) is 0 Å². The minimum Gasteiger partial charge on any atom is -0.494 e. The van der Waals surface area contributed by atoms with Gasteiger partial charge in [0.2, 0.25) is 0 Å². The van der Waals surface area contributed by atoms with E-state index in [1.165, 1.54) is 0 Å². The normalized spacial score (nSPS) is 19.1. The van der Waals surface area contributed by atoms with Crippen LogP contribution >= 0.6 is 0 Å². The molecule has 0 radical (unpaired) electrons. The monoisotopic (exact) mass is 471 g/mol. The molecule has 1 saturated heterocycles. The smallest absolute Gasteiger partial charge is 0.344 e. The predicted octanol–water partition coefficient (Wildman–Crippen LogP) is 2.91. The van der Waals surface area contributed by atoms with Gasteiger partial charge in [0.15, 0.2) is 5.84 Å². The van der Waals surface area contributed by atoms with Crippen LogP contribution in [0.1, 0.15) is 37.3 Å². The van der Waals surface area contributed by atoms with E-state index in [0.717, 1.165) is 37.1 Å². The molecule has 0 aromatic heterocycles. The van der Waals surface area contributed by atoms with Crippen molar-refractivity contribution >= 4 is 27.6 Å². The van der Waals surface area contributed by atoms with E-state index in [1.54, 1.807) is 18.2 Å². The molecule has 2 aromatic rings. The average molecular weight is 472 g/mol. The van der Waals surface area contributed by atoms with Crippen LogP contribution in [0.4, 0.5) is 5.69 Å². The highest BCUT2D eigenvalue weighted by molar-refractivity contribution is 7.91. The molecule has 176 valence electrons. The summed E-state index contributed by atoms with van der Waals surface area (Å²) in [5, 5.41) is 8.72. The van der Waals surface area contributed by atoms with Gasteiger partial charge in [0.25, 0.3) is 0 Å². The Morgan fingerprint density at radius 1 is 1.21 bits per heavy atom. The first kappa shape index (κ1) is 22.9. The molecule has 1 atom stereocenters. The van der Waals surface area contributed by atoms with Gasteiger partial charge in [-0.15, -0.1) is 4.40 Å². The maximum Gasteiger partial charge on any atom is 0.344 e. The van der Waals surface area contributed by atoms with Gasteiger partial charge in [0, 0.05) is 13.0 Å². The number of rotatable bonds is 7. The maximum absolute atomic E-state index is 11.8. The zero-order valence-corrected chi connectivity index (χ0v) is 19.4. The Hall–Kier alpha value is -3.27. The highest BCUT2D eigenvalue weighted by Crippen LogP contribution is 2.31. The van der Waals surface area contributed by atoms with Crippen LogP contribution in [-0.2, 0) is 16.6 Å². The topological polar surface area (TPSA) is 130 Å². The Labute approximate surface area is 194 Å². The summed E-state index contributed by atoms with van der Waals surface area (Å²) >= 11 is 0. The number of hydrogen-bond acceptors (Lipinski definition) is 6. The molecule has 0 aliphatic carbocycles. The lowest BCUT2D eigenvalue weighted by Gasteiger charge is -2.37. The number of anilines is 1. The number of hydrogen-bond donors (Lipinski definition) is 3. The lowest BCUT2D eigenvalue weighted by Crippen LogP contribution is -2.47. The van der Waals surface area contributed by atoms with Crippen molar-refractivity contribution in [3.8, 4) is 11.5 Å². The molecule has 2 aliphatic rings. The fourth-order valence-corrected chi connectivity index (χ4v) is 5.06. The van der Waals surface area contributed by atoms with Crippen LogP contribution in [-0.4, -0.2) is 50.8 Å². The standard InChI is InChI=1S/C23H29N5O4S/c1-2-31-18-11-9-16(10-12-18)14-21(24)28-13-4-3-6-17(28)15-32-20-8-5-7-19-22(20)23(25)27-33(29,30)26-19/h5,7-12,17,24,26H,2-4,6,13-15H2,1H3,(H2,25,27)/t17-/m1/s1. The molecular weight excluding hydrogens is 442 g/mol. The van der Waals surface area contributed by atoms with Crippen LogP contribution in [0.15, 0.2) is 46.9 Å². The van der Waals surface area contributed by atoms with Crippen molar-refractivity contribution in [2.75, 3.05) is 24.5 Å². The van der Waals surface area contributed by atoms with Crippen LogP contribution in [0.3, 0.4) is 0 Å². The van der Waals surface area contributed by atoms with E-state index in [-0.39, 0.29) is 11.9 Å². The van der Waals surface area contributed by atoms with Crippen LogP contribution < -0.4 is 19.9 Å². The van der Waals surface area contributed by atoms with Crippen molar-refractivity contribution in [1.29, 1.82) is 5.41 Å². The van der Waals surface area contributed by atoms with Crippen LogP contribution in [0.5, 0.6) is 11.5 Å². The Kier molecular flexibility index (Phi) is 6.73. The van der Waals surface area contributed by atoms with E-state index in [4.69, 9.17) is 20.6 Å². The lowest BCUT2D eigenvalue weighted by atomic mass is 10.0. The van der Waals surface area contributed by atoms with Gasteiger partial charge in [0.05, 0.1) is 23.9 Å². The zero-order valence-electron chi connectivity index (χ0n) is 18.6. The van der Waals surface area contributed by atoms with Gasteiger partial charge in [-0.25, -0.2) is 0 Å². The first-order valence-corrected chi connectivity index (χ1v) is 12.5. The molecular formula is C23H29N5O4S. The maximum atomic E-state index is 11.8. The Morgan fingerprint density at radius 2 is 2.00 bits per heavy atom. The first-order valence-electron chi connectivity index (χ1n) is 11.1. The minimum absolute atomic E-state index is 0.0447. The number of likely N-dealkylation sites (tertiary alicyclic amines) is 1. The molecule has 0 saturated carbocycles. The van der Waals surface area contributed by atoms with Gasteiger partial charge in [-0.3, -0.25) is 10.1 Å². The molecule has 4 rings (SSSR count). The fraction of sp³-hybridized carbons (Fsp3) is 0.391. The third-order valence-corrected chi connectivity index (χ3v) is 6.67. The van der Waals surface area contributed by atoms with Gasteiger partial charge in [-0.1, -0.05) is 18.2 Å². The van der Waals surface area contributed by atoms with Crippen molar-refractivity contribution < 1.29 is 17.9 Å². The summed E-state index contributed by atoms with van der Waals surface area (Å²) in [6, 6.07) is 13.0. The molecule has 0 bridgehead atoms. The third kappa shape index (κ3) is 5.39. The summed E-state index contributed by atoms with van der Waals surface area (Å²) in [7, 11) is -3.84. The third-order valence-electron chi connectivity index (χ3n) is 5.75. The summed E-state index contributed by atoms with van der Waals surface area (Å²) < 4.78 is 41.1. The Morgan fingerprint density at radius 3 is 2.76 bits per heavy atom. The van der Waals surface area contributed by atoms with Gasteiger partial charge in [0.1, 0.15) is 23.9 Å². The quantitative estimate of drug-likeness (QED) is 0.420. The summed E-state index contributed by atoms with van der Waals surface area (Å²) in [6.07, 6.45) is 3.54. The number of fused-ring (bicyclic) bond motifs is 1. The van der Waals surface area contributed by atoms with Crippen molar-refractivity contribution in [3.05, 3.63) is 53.6 Å². The van der Waals surface area contributed by atoms with E-state index in [2.05, 4.69) is 14.0 Å². The molecule has 0 amide bonds. The molecule has 2 aromatic carbocycles. The van der Waals surface area contributed by atoms with E-state index in [0.29, 0.717) is 42.5 Å². The highest BCUT2D eigenvalue weighted by Gasteiger charge is 2.28. The molecule has 9 nitrogen and oxygen atoms in total.